The Bertz CT molecular complexity index is 512. The number of ether oxygens (including phenoxy) is 2. The quantitative estimate of drug-likeness (QED) is 0.788. The molecule has 1 aromatic carbocycles. The van der Waals surface area contributed by atoms with Gasteiger partial charge in [-0.05, 0) is 47.0 Å². The molecule has 1 heterocycles. The van der Waals surface area contributed by atoms with Gasteiger partial charge < -0.3 is 14.4 Å². The molecule has 0 aliphatic carbocycles. The summed E-state index contributed by atoms with van der Waals surface area (Å²) in [4.78, 5) is 25.0. The van der Waals surface area contributed by atoms with Crippen LogP contribution < -0.4 is 4.74 Å². The van der Waals surface area contributed by atoms with Crippen LogP contribution in [0.2, 0.25) is 0 Å². The van der Waals surface area contributed by atoms with Gasteiger partial charge in [0.05, 0.1) is 17.1 Å². The van der Waals surface area contributed by atoms with E-state index in [9.17, 15) is 9.59 Å². The number of esters is 1. The Morgan fingerprint density at radius 2 is 2.00 bits per heavy atom. The molecule has 0 saturated carbocycles. The van der Waals surface area contributed by atoms with Gasteiger partial charge in [0.15, 0.2) is 6.61 Å². The van der Waals surface area contributed by atoms with Gasteiger partial charge in [-0.1, -0.05) is 0 Å². The van der Waals surface area contributed by atoms with Crippen LogP contribution in [0.5, 0.6) is 5.75 Å². The number of amides is 1. The van der Waals surface area contributed by atoms with Crippen molar-refractivity contribution in [2.45, 2.75) is 12.8 Å². The molecule has 0 spiro atoms. The Hall–Kier alpha value is -1.56. The standard InChI is InChI=1S/C14H16BrNO4/c1-19-14(18)10-4-5-12(11(15)8-10)20-9-13(17)16-6-2-3-7-16/h4-5,8H,2-3,6-7,9H2,1H3. The summed E-state index contributed by atoms with van der Waals surface area (Å²) in [5.41, 5.74) is 0.428. The third-order valence-corrected chi connectivity index (χ3v) is 3.78. The van der Waals surface area contributed by atoms with Crippen LogP contribution in [0.4, 0.5) is 0 Å². The highest BCUT2D eigenvalue weighted by Crippen LogP contribution is 2.26. The third kappa shape index (κ3) is 3.50. The first kappa shape index (κ1) is 14.8. The van der Waals surface area contributed by atoms with Crippen molar-refractivity contribution in [2.75, 3.05) is 26.8 Å². The highest BCUT2D eigenvalue weighted by atomic mass is 79.9. The summed E-state index contributed by atoms with van der Waals surface area (Å²) in [7, 11) is 1.33. The molecule has 1 aliphatic rings. The second-order valence-corrected chi connectivity index (χ2v) is 5.37. The first-order valence-electron chi connectivity index (χ1n) is 6.40. The van der Waals surface area contributed by atoms with Crippen molar-refractivity contribution >= 4 is 27.8 Å². The van der Waals surface area contributed by atoms with E-state index in [4.69, 9.17) is 4.74 Å². The van der Waals surface area contributed by atoms with Crippen molar-refractivity contribution in [1.82, 2.24) is 4.90 Å². The molecular weight excluding hydrogens is 326 g/mol. The lowest BCUT2D eigenvalue weighted by Crippen LogP contribution is -2.32. The molecule has 0 aromatic heterocycles. The number of carbonyl (C=O) groups is 2. The molecule has 0 atom stereocenters. The summed E-state index contributed by atoms with van der Waals surface area (Å²) in [6.45, 7) is 1.63. The van der Waals surface area contributed by atoms with E-state index in [1.54, 1.807) is 23.1 Å². The number of likely N-dealkylation sites (tertiary alicyclic amines) is 1. The Morgan fingerprint density at radius 1 is 1.30 bits per heavy atom. The number of benzene rings is 1. The molecule has 20 heavy (non-hydrogen) atoms. The molecule has 1 aliphatic heterocycles. The predicted molar refractivity (Wildman–Crippen MR) is 76.8 cm³/mol. The largest absolute Gasteiger partial charge is 0.483 e. The Kier molecular flexibility index (Phi) is 5.00. The number of hydrogen-bond acceptors (Lipinski definition) is 4. The van der Waals surface area contributed by atoms with Crippen LogP contribution in [0.25, 0.3) is 0 Å². The second kappa shape index (κ2) is 6.74. The van der Waals surface area contributed by atoms with Crippen LogP contribution >= 0.6 is 15.9 Å². The lowest BCUT2D eigenvalue weighted by atomic mass is 10.2. The smallest absolute Gasteiger partial charge is 0.337 e. The molecule has 1 amide bonds. The van der Waals surface area contributed by atoms with Crippen LogP contribution in [-0.2, 0) is 9.53 Å². The molecule has 0 unspecified atom stereocenters. The first-order chi connectivity index (χ1) is 9.61. The zero-order chi connectivity index (χ0) is 14.5. The molecule has 108 valence electrons. The van der Waals surface area contributed by atoms with E-state index in [2.05, 4.69) is 20.7 Å². The van der Waals surface area contributed by atoms with Crippen LogP contribution in [0.1, 0.15) is 23.2 Å². The zero-order valence-corrected chi connectivity index (χ0v) is 12.8. The van der Waals surface area contributed by atoms with Gasteiger partial charge in [0, 0.05) is 13.1 Å². The van der Waals surface area contributed by atoms with Crippen molar-refractivity contribution < 1.29 is 19.1 Å². The van der Waals surface area contributed by atoms with Crippen LogP contribution in [-0.4, -0.2) is 43.6 Å². The van der Waals surface area contributed by atoms with Gasteiger partial charge in [-0.15, -0.1) is 0 Å². The minimum absolute atomic E-state index is 0.00792. The second-order valence-electron chi connectivity index (χ2n) is 4.51. The number of methoxy groups -OCH3 is 1. The van der Waals surface area contributed by atoms with E-state index in [0.29, 0.717) is 15.8 Å². The predicted octanol–water partition coefficient (Wildman–Crippen LogP) is 2.24. The third-order valence-electron chi connectivity index (χ3n) is 3.16. The Labute approximate surface area is 126 Å². The Morgan fingerprint density at radius 3 is 2.60 bits per heavy atom. The molecule has 1 fully saturated rings. The van der Waals surface area contributed by atoms with Gasteiger partial charge in [0.25, 0.3) is 5.91 Å². The fraction of sp³-hybridized carbons (Fsp3) is 0.429. The summed E-state index contributed by atoms with van der Waals surface area (Å²) in [5.74, 6) is 0.113. The average molecular weight is 342 g/mol. The van der Waals surface area contributed by atoms with Gasteiger partial charge in [-0.2, -0.15) is 0 Å². The van der Waals surface area contributed by atoms with E-state index in [1.165, 1.54) is 7.11 Å². The van der Waals surface area contributed by atoms with Gasteiger partial charge in [0.2, 0.25) is 0 Å². The normalized spacial score (nSPS) is 14.2. The topological polar surface area (TPSA) is 55.8 Å². The van der Waals surface area contributed by atoms with Gasteiger partial charge in [-0.3, -0.25) is 4.79 Å². The van der Waals surface area contributed by atoms with Crippen molar-refractivity contribution in [3.8, 4) is 5.75 Å². The molecule has 6 heteroatoms. The number of halogens is 1. The maximum absolute atomic E-state index is 11.9. The summed E-state index contributed by atoms with van der Waals surface area (Å²) < 4.78 is 10.7. The van der Waals surface area contributed by atoms with E-state index < -0.39 is 5.97 Å². The molecule has 0 radical (unpaired) electrons. The summed E-state index contributed by atoms with van der Waals surface area (Å²) in [6, 6.07) is 4.86. The lowest BCUT2D eigenvalue weighted by molar-refractivity contribution is -0.132. The molecule has 0 bridgehead atoms. The summed E-state index contributed by atoms with van der Waals surface area (Å²) >= 11 is 3.32. The van der Waals surface area contributed by atoms with E-state index in [1.807, 2.05) is 0 Å². The molecule has 5 nitrogen and oxygen atoms in total. The maximum atomic E-state index is 11.9. The molecule has 1 saturated heterocycles. The maximum Gasteiger partial charge on any atom is 0.337 e. The molecule has 0 N–H and O–H groups in total. The van der Waals surface area contributed by atoms with Crippen molar-refractivity contribution in [3.63, 3.8) is 0 Å². The van der Waals surface area contributed by atoms with Crippen molar-refractivity contribution in [2.24, 2.45) is 0 Å². The fourth-order valence-electron chi connectivity index (χ4n) is 2.06. The van der Waals surface area contributed by atoms with Crippen LogP contribution in [0.15, 0.2) is 22.7 Å². The summed E-state index contributed by atoms with van der Waals surface area (Å²) in [5, 5.41) is 0. The van der Waals surface area contributed by atoms with Crippen LogP contribution in [0, 0.1) is 0 Å². The van der Waals surface area contributed by atoms with Gasteiger partial charge >= 0.3 is 5.97 Å². The Balaban J connectivity index is 1.96. The number of nitrogens with zero attached hydrogens (tertiary/aromatic N) is 1. The highest BCUT2D eigenvalue weighted by Gasteiger charge is 2.18. The monoisotopic (exact) mass is 341 g/mol. The zero-order valence-electron chi connectivity index (χ0n) is 11.2. The van der Waals surface area contributed by atoms with Crippen LogP contribution in [0.3, 0.4) is 0 Å². The van der Waals surface area contributed by atoms with E-state index in [0.717, 1.165) is 25.9 Å². The van der Waals surface area contributed by atoms with E-state index >= 15 is 0 Å². The number of carbonyl (C=O) groups excluding carboxylic acids is 2. The van der Waals surface area contributed by atoms with E-state index in [-0.39, 0.29) is 12.5 Å². The number of hydrogen-bond donors (Lipinski definition) is 0. The van der Waals surface area contributed by atoms with Crippen molar-refractivity contribution in [3.05, 3.63) is 28.2 Å². The average Bonchev–Trinajstić information content (AvgIpc) is 2.99. The minimum atomic E-state index is -0.412. The highest BCUT2D eigenvalue weighted by molar-refractivity contribution is 9.10. The summed E-state index contributed by atoms with van der Waals surface area (Å²) in [6.07, 6.45) is 2.12. The SMILES string of the molecule is COC(=O)c1ccc(OCC(=O)N2CCCC2)c(Br)c1. The van der Waals surface area contributed by atoms with Gasteiger partial charge in [-0.25, -0.2) is 4.79 Å². The lowest BCUT2D eigenvalue weighted by Gasteiger charge is -2.16. The van der Waals surface area contributed by atoms with Gasteiger partial charge in [0.1, 0.15) is 5.75 Å². The number of rotatable bonds is 4. The molecular formula is C14H16BrNO4. The van der Waals surface area contributed by atoms with Crippen molar-refractivity contribution in [1.29, 1.82) is 0 Å². The minimum Gasteiger partial charge on any atom is -0.483 e. The first-order valence-corrected chi connectivity index (χ1v) is 7.19. The fourth-order valence-corrected chi connectivity index (χ4v) is 2.55. The molecule has 2 rings (SSSR count). The molecule has 1 aromatic rings.